The molecule has 0 radical (unpaired) electrons. The Bertz CT molecular complexity index is 1190. The second kappa shape index (κ2) is 9.69. The number of benzene rings is 3. The average molecular weight is 443 g/mol. The zero-order valence-electron chi connectivity index (χ0n) is 18.7. The maximum Gasteiger partial charge on any atom is 0.338 e. The molecule has 0 aromatic heterocycles. The van der Waals surface area contributed by atoms with E-state index in [1.54, 1.807) is 36.1 Å². The summed E-state index contributed by atoms with van der Waals surface area (Å²) in [6, 6.07) is 21.7. The van der Waals surface area contributed by atoms with Crippen LogP contribution in [0.4, 0.5) is 5.69 Å². The number of aryl methyl sites for hydroxylation is 1. The Labute approximate surface area is 193 Å². The zero-order chi connectivity index (χ0) is 23.4. The molecular formula is C27H26N2O4. The number of ether oxygens (including phenoxy) is 1. The highest BCUT2D eigenvalue weighted by molar-refractivity contribution is 5.99. The van der Waals surface area contributed by atoms with Gasteiger partial charge in [-0.3, -0.25) is 9.59 Å². The third-order valence-electron chi connectivity index (χ3n) is 5.72. The molecule has 1 aliphatic rings. The number of anilines is 1. The summed E-state index contributed by atoms with van der Waals surface area (Å²) < 4.78 is 5.03. The number of nitrogens with zero attached hydrogens (tertiary/aromatic N) is 1. The molecule has 1 atom stereocenters. The number of nitrogens with one attached hydrogen (secondary N) is 1. The van der Waals surface area contributed by atoms with E-state index in [1.807, 2.05) is 55.5 Å². The summed E-state index contributed by atoms with van der Waals surface area (Å²) in [4.78, 5) is 39.9. The van der Waals surface area contributed by atoms with E-state index in [9.17, 15) is 14.4 Å². The van der Waals surface area contributed by atoms with Gasteiger partial charge in [0, 0.05) is 17.8 Å². The highest BCUT2D eigenvalue weighted by Gasteiger charge is 2.34. The van der Waals surface area contributed by atoms with Crippen LogP contribution in [-0.2, 0) is 16.1 Å². The van der Waals surface area contributed by atoms with Crippen LogP contribution in [0.1, 0.15) is 56.8 Å². The normalized spacial score (nSPS) is 13.4. The van der Waals surface area contributed by atoms with Gasteiger partial charge < -0.3 is 15.0 Å². The van der Waals surface area contributed by atoms with Gasteiger partial charge in [-0.25, -0.2) is 4.79 Å². The molecule has 0 spiro atoms. The molecule has 33 heavy (non-hydrogen) atoms. The zero-order valence-corrected chi connectivity index (χ0v) is 18.7. The summed E-state index contributed by atoms with van der Waals surface area (Å²) >= 11 is 0. The van der Waals surface area contributed by atoms with Gasteiger partial charge in [-0.1, -0.05) is 54.1 Å². The van der Waals surface area contributed by atoms with E-state index in [0.717, 1.165) is 16.7 Å². The molecule has 0 fully saturated rings. The van der Waals surface area contributed by atoms with Crippen molar-refractivity contribution in [3.63, 3.8) is 0 Å². The second-order valence-electron chi connectivity index (χ2n) is 8.07. The van der Waals surface area contributed by atoms with Gasteiger partial charge in [-0.05, 0) is 49.2 Å². The van der Waals surface area contributed by atoms with Gasteiger partial charge in [0.1, 0.15) is 0 Å². The van der Waals surface area contributed by atoms with Gasteiger partial charge in [0.2, 0.25) is 5.91 Å². The van der Waals surface area contributed by atoms with Crippen LogP contribution in [0.3, 0.4) is 0 Å². The summed E-state index contributed by atoms with van der Waals surface area (Å²) in [7, 11) is 0. The van der Waals surface area contributed by atoms with Crippen molar-refractivity contribution in [3.8, 4) is 0 Å². The van der Waals surface area contributed by atoms with Crippen LogP contribution in [0, 0.1) is 6.92 Å². The van der Waals surface area contributed by atoms with Crippen molar-refractivity contribution in [2.24, 2.45) is 0 Å². The standard InChI is InChI=1S/C27H26N2O4/c1-3-33-27(32)20-8-6-9-22(15-20)28-25(30)16-24(19-13-11-18(2)12-14-19)29-17-21-7-4-5-10-23(21)26(29)31/h4-15,24H,3,16-17H2,1-2H3,(H,28,30). The van der Waals surface area contributed by atoms with Gasteiger partial charge in [0.25, 0.3) is 5.91 Å². The van der Waals surface area contributed by atoms with Crippen molar-refractivity contribution in [1.29, 1.82) is 0 Å². The lowest BCUT2D eigenvalue weighted by molar-refractivity contribution is -0.117. The van der Waals surface area contributed by atoms with Gasteiger partial charge >= 0.3 is 5.97 Å². The Hall–Kier alpha value is -3.93. The highest BCUT2D eigenvalue weighted by Crippen LogP contribution is 2.34. The first kappa shape index (κ1) is 22.3. The lowest BCUT2D eigenvalue weighted by Gasteiger charge is -2.28. The van der Waals surface area contributed by atoms with Crippen molar-refractivity contribution < 1.29 is 19.1 Å². The largest absolute Gasteiger partial charge is 0.462 e. The fourth-order valence-electron chi connectivity index (χ4n) is 4.05. The summed E-state index contributed by atoms with van der Waals surface area (Å²) in [5, 5.41) is 2.87. The number of esters is 1. The molecule has 6 nitrogen and oxygen atoms in total. The Morgan fingerprint density at radius 3 is 2.52 bits per heavy atom. The van der Waals surface area contributed by atoms with E-state index in [-0.39, 0.29) is 24.8 Å². The van der Waals surface area contributed by atoms with E-state index in [2.05, 4.69) is 5.32 Å². The molecule has 2 amide bonds. The third-order valence-corrected chi connectivity index (χ3v) is 5.72. The predicted octanol–water partition coefficient (Wildman–Crippen LogP) is 4.90. The summed E-state index contributed by atoms with van der Waals surface area (Å²) in [5.74, 6) is -0.759. The quantitative estimate of drug-likeness (QED) is 0.528. The predicted molar refractivity (Wildman–Crippen MR) is 126 cm³/mol. The lowest BCUT2D eigenvalue weighted by atomic mass is 10.00. The first-order valence-corrected chi connectivity index (χ1v) is 11.0. The minimum atomic E-state index is -0.438. The lowest BCUT2D eigenvalue weighted by Crippen LogP contribution is -2.32. The Kier molecular flexibility index (Phi) is 6.54. The minimum absolute atomic E-state index is 0.0757. The van der Waals surface area contributed by atoms with Crippen molar-refractivity contribution in [2.75, 3.05) is 11.9 Å². The fraction of sp³-hybridized carbons (Fsp3) is 0.222. The van der Waals surface area contributed by atoms with Crippen LogP contribution in [-0.4, -0.2) is 29.3 Å². The van der Waals surface area contributed by atoms with Crippen molar-refractivity contribution >= 4 is 23.5 Å². The topological polar surface area (TPSA) is 75.7 Å². The van der Waals surface area contributed by atoms with E-state index >= 15 is 0 Å². The van der Waals surface area contributed by atoms with Crippen LogP contribution in [0.25, 0.3) is 0 Å². The van der Waals surface area contributed by atoms with Gasteiger partial charge in [-0.2, -0.15) is 0 Å². The van der Waals surface area contributed by atoms with Crippen LogP contribution < -0.4 is 5.32 Å². The van der Waals surface area contributed by atoms with Crippen molar-refractivity contribution in [2.45, 2.75) is 32.9 Å². The molecule has 0 aliphatic carbocycles. The third kappa shape index (κ3) is 4.95. The van der Waals surface area contributed by atoms with Gasteiger partial charge in [0.05, 0.1) is 24.6 Å². The molecule has 0 saturated carbocycles. The van der Waals surface area contributed by atoms with Gasteiger partial charge in [-0.15, -0.1) is 0 Å². The van der Waals surface area contributed by atoms with E-state index in [1.165, 1.54) is 0 Å². The monoisotopic (exact) mass is 442 g/mol. The second-order valence-corrected chi connectivity index (χ2v) is 8.07. The van der Waals surface area contributed by atoms with Crippen LogP contribution >= 0.6 is 0 Å². The number of carbonyl (C=O) groups is 3. The van der Waals surface area contributed by atoms with Crippen molar-refractivity contribution in [3.05, 3.63) is 101 Å². The Morgan fingerprint density at radius 2 is 1.79 bits per heavy atom. The molecule has 3 aromatic carbocycles. The molecule has 1 heterocycles. The van der Waals surface area contributed by atoms with Crippen molar-refractivity contribution in [1.82, 2.24) is 4.90 Å². The molecule has 168 valence electrons. The molecule has 1 unspecified atom stereocenters. The first-order valence-electron chi connectivity index (χ1n) is 11.0. The molecule has 1 aliphatic heterocycles. The van der Waals surface area contributed by atoms with Crippen LogP contribution in [0.5, 0.6) is 0 Å². The summed E-state index contributed by atoms with van der Waals surface area (Å²) in [5.41, 5.74) is 4.52. The molecule has 3 aromatic rings. The van der Waals surface area contributed by atoms with E-state index in [4.69, 9.17) is 4.74 Å². The Balaban J connectivity index is 1.56. The fourth-order valence-corrected chi connectivity index (χ4v) is 4.05. The maximum atomic E-state index is 13.1. The molecule has 1 N–H and O–H groups in total. The van der Waals surface area contributed by atoms with E-state index < -0.39 is 12.0 Å². The number of hydrogen-bond acceptors (Lipinski definition) is 4. The highest BCUT2D eigenvalue weighted by atomic mass is 16.5. The maximum absolute atomic E-state index is 13.1. The smallest absolute Gasteiger partial charge is 0.338 e. The van der Waals surface area contributed by atoms with Gasteiger partial charge in [0.15, 0.2) is 0 Å². The summed E-state index contributed by atoms with van der Waals surface area (Å²) in [6.45, 7) is 4.48. The molecule has 0 bridgehead atoms. The molecule has 0 saturated heterocycles. The molecular weight excluding hydrogens is 416 g/mol. The summed E-state index contributed by atoms with van der Waals surface area (Å²) in [6.07, 6.45) is 0.0897. The Morgan fingerprint density at radius 1 is 1.03 bits per heavy atom. The first-order chi connectivity index (χ1) is 16.0. The van der Waals surface area contributed by atoms with Crippen LogP contribution in [0.2, 0.25) is 0 Å². The number of carbonyl (C=O) groups excluding carboxylic acids is 3. The van der Waals surface area contributed by atoms with E-state index in [0.29, 0.717) is 23.4 Å². The number of hydrogen-bond donors (Lipinski definition) is 1. The molecule has 4 rings (SSSR count). The molecule has 6 heteroatoms. The minimum Gasteiger partial charge on any atom is -0.462 e. The SMILES string of the molecule is CCOC(=O)c1cccc(NC(=O)CC(c2ccc(C)cc2)N2Cc3ccccc3C2=O)c1. The number of fused-ring (bicyclic) bond motifs is 1. The number of amides is 2. The average Bonchev–Trinajstić information content (AvgIpc) is 3.15. The number of rotatable bonds is 7. The van der Waals surface area contributed by atoms with Crippen LogP contribution in [0.15, 0.2) is 72.8 Å².